The summed E-state index contributed by atoms with van der Waals surface area (Å²) in [6.45, 7) is 2.64. The van der Waals surface area contributed by atoms with Crippen LogP contribution < -0.4 is 10.6 Å². The zero-order chi connectivity index (χ0) is 13.8. The summed E-state index contributed by atoms with van der Waals surface area (Å²) in [5.41, 5.74) is 0.729. The smallest absolute Gasteiger partial charge is 0.293 e. The Hall–Kier alpha value is -2.11. The minimum Gasteiger partial charge on any atom is -0.380 e. The molecule has 0 saturated heterocycles. The lowest BCUT2D eigenvalue weighted by Gasteiger charge is -2.08. The van der Waals surface area contributed by atoms with Gasteiger partial charge in [-0.15, -0.1) is 0 Å². The summed E-state index contributed by atoms with van der Waals surface area (Å²) in [5, 5.41) is 16.8. The molecule has 0 atom stereocenters. The van der Waals surface area contributed by atoms with Crippen LogP contribution in [0.15, 0.2) is 18.2 Å². The predicted octanol–water partition coefficient (Wildman–Crippen LogP) is 2.31. The van der Waals surface area contributed by atoms with Crippen molar-refractivity contribution >= 4 is 17.3 Å². The number of rotatable bonds is 6. The fraction of sp³-hybridized carbons (Fsp3) is 0.462. The summed E-state index contributed by atoms with van der Waals surface area (Å²) in [7, 11) is 0. The molecule has 19 heavy (non-hydrogen) atoms. The summed E-state index contributed by atoms with van der Waals surface area (Å²) in [6.07, 6.45) is 2.86. The van der Waals surface area contributed by atoms with Crippen LogP contribution in [0, 0.1) is 10.1 Å². The van der Waals surface area contributed by atoms with E-state index in [-0.39, 0.29) is 17.6 Å². The van der Waals surface area contributed by atoms with Crippen LogP contribution in [-0.4, -0.2) is 23.4 Å². The first-order valence-electron chi connectivity index (χ1n) is 6.45. The van der Waals surface area contributed by atoms with E-state index < -0.39 is 4.92 Å². The van der Waals surface area contributed by atoms with Gasteiger partial charge in [-0.3, -0.25) is 14.9 Å². The highest BCUT2D eigenvalue weighted by atomic mass is 16.6. The molecule has 0 radical (unpaired) electrons. The highest BCUT2D eigenvalue weighted by molar-refractivity contribution is 5.96. The standard InChI is InChI=1S/C13H17N3O3/c1-2-7-14-11-6-3-9(8-12(11)16(18)19)13(17)15-10-4-5-10/h3,6,8,10,14H,2,4-5,7H2,1H3,(H,15,17). The maximum atomic E-state index is 11.8. The van der Waals surface area contributed by atoms with Gasteiger partial charge in [0, 0.05) is 24.2 Å². The van der Waals surface area contributed by atoms with Crippen molar-refractivity contribution in [2.75, 3.05) is 11.9 Å². The second kappa shape index (κ2) is 5.69. The number of hydrogen-bond donors (Lipinski definition) is 2. The van der Waals surface area contributed by atoms with E-state index >= 15 is 0 Å². The first-order chi connectivity index (χ1) is 9.11. The van der Waals surface area contributed by atoms with Crippen molar-refractivity contribution in [3.8, 4) is 0 Å². The summed E-state index contributed by atoms with van der Waals surface area (Å²) in [4.78, 5) is 22.4. The van der Waals surface area contributed by atoms with E-state index in [0.29, 0.717) is 17.8 Å². The molecule has 0 heterocycles. The maximum absolute atomic E-state index is 11.8. The molecule has 1 aromatic carbocycles. The number of carbonyl (C=O) groups is 1. The number of benzene rings is 1. The van der Waals surface area contributed by atoms with Crippen molar-refractivity contribution in [3.05, 3.63) is 33.9 Å². The van der Waals surface area contributed by atoms with Crippen LogP contribution in [0.5, 0.6) is 0 Å². The lowest BCUT2D eigenvalue weighted by molar-refractivity contribution is -0.384. The number of anilines is 1. The average Bonchev–Trinajstić information content (AvgIpc) is 3.19. The average molecular weight is 263 g/mol. The van der Waals surface area contributed by atoms with Gasteiger partial charge in [0.2, 0.25) is 0 Å². The Labute approximate surface area is 111 Å². The highest BCUT2D eigenvalue weighted by Crippen LogP contribution is 2.26. The molecule has 1 aromatic rings. The summed E-state index contributed by atoms with van der Waals surface area (Å²) < 4.78 is 0. The molecule has 1 aliphatic rings. The minimum absolute atomic E-state index is 0.0584. The van der Waals surface area contributed by atoms with Gasteiger partial charge in [0.1, 0.15) is 5.69 Å². The Balaban J connectivity index is 2.19. The molecule has 0 aliphatic heterocycles. The van der Waals surface area contributed by atoms with Gasteiger partial charge in [0.15, 0.2) is 0 Å². The van der Waals surface area contributed by atoms with E-state index in [9.17, 15) is 14.9 Å². The number of nitro benzene ring substituents is 1. The van der Waals surface area contributed by atoms with Crippen molar-refractivity contribution in [2.45, 2.75) is 32.2 Å². The SMILES string of the molecule is CCCNc1ccc(C(=O)NC2CC2)cc1[N+](=O)[O-]. The molecule has 0 aromatic heterocycles. The zero-order valence-electron chi connectivity index (χ0n) is 10.8. The molecule has 1 aliphatic carbocycles. The third kappa shape index (κ3) is 3.43. The fourth-order valence-corrected chi connectivity index (χ4v) is 1.73. The lowest BCUT2D eigenvalue weighted by Crippen LogP contribution is -2.25. The molecule has 0 unspecified atom stereocenters. The fourth-order valence-electron chi connectivity index (χ4n) is 1.73. The van der Waals surface area contributed by atoms with E-state index in [1.807, 2.05) is 6.92 Å². The Kier molecular flexibility index (Phi) is 3.99. The monoisotopic (exact) mass is 263 g/mol. The Bertz CT molecular complexity index is 498. The predicted molar refractivity (Wildman–Crippen MR) is 72.4 cm³/mol. The van der Waals surface area contributed by atoms with Crippen LogP contribution in [0.4, 0.5) is 11.4 Å². The molecule has 1 saturated carbocycles. The Morgan fingerprint density at radius 1 is 1.47 bits per heavy atom. The Morgan fingerprint density at radius 2 is 2.21 bits per heavy atom. The summed E-state index contributed by atoms with van der Waals surface area (Å²) >= 11 is 0. The molecule has 6 heteroatoms. The molecule has 6 nitrogen and oxygen atoms in total. The third-order valence-electron chi connectivity index (χ3n) is 2.93. The molecule has 102 valence electrons. The number of amides is 1. The van der Waals surface area contributed by atoms with Crippen LogP contribution in [0.3, 0.4) is 0 Å². The van der Waals surface area contributed by atoms with Gasteiger partial charge >= 0.3 is 0 Å². The molecule has 2 N–H and O–H groups in total. The number of nitrogens with one attached hydrogen (secondary N) is 2. The molecule has 1 amide bonds. The molecular formula is C13H17N3O3. The van der Waals surface area contributed by atoms with Gasteiger partial charge < -0.3 is 10.6 Å². The summed E-state index contributed by atoms with van der Waals surface area (Å²) in [5.74, 6) is -0.243. The van der Waals surface area contributed by atoms with Gasteiger partial charge in [-0.05, 0) is 31.4 Å². The lowest BCUT2D eigenvalue weighted by atomic mass is 10.1. The number of nitrogens with zero attached hydrogens (tertiary/aromatic N) is 1. The van der Waals surface area contributed by atoms with Crippen molar-refractivity contribution in [1.82, 2.24) is 5.32 Å². The summed E-state index contributed by atoms with van der Waals surface area (Å²) in [6, 6.07) is 4.78. The van der Waals surface area contributed by atoms with Crippen LogP contribution in [-0.2, 0) is 0 Å². The van der Waals surface area contributed by atoms with Crippen LogP contribution in [0.1, 0.15) is 36.5 Å². The van der Waals surface area contributed by atoms with Crippen LogP contribution in [0.2, 0.25) is 0 Å². The molecule has 1 fully saturated rings. The molecule has 0 spiro atoms. The quantitative estimate of drug-likeness (QED) is 0.609. The number of nitro groups is 1. The largest absolute Gasteiger partial charge is 0.380 e. The van der Waals surface area contributed by atoms with Gasteiger partial charge in [-0.25, -0.2) is 0 Å². The maximum Gasteiger partial charge on any atom is 0.293 e. The zero-order valence-corrected chi connectivity index (χ0v) is 10.8. The van der Waals surface area contributed by atoms with Crippen LogP contribution >= 0.6 is 0 Å². The van der Waals surface area contributed by atoms with E-state index in [1.54, 1.807) is 12.1 Å². The molecular weight excluding hydrogens is 246 g/mol. The first-order valence-corrected chi connectivity index (χ1v) is 6.45. The second-order valence-corrected chi connectivity index (χ2v) is 4.66. The van der Waals surface area contributed by atoms with Crippen molar-refractivity contribution in [1.29, 1.82) is 0 Å². The van der Waals surface area contributed by atoms with E-state index in [4.69, 9.17) is 0 Å². The highest BCUT2D eigenvalue weighted by Gasteiger charge is 2.25. The topological polar surface area (TPSA) is 84.3 Å². The van der Waals surface area contributed by atoms with Gasteiger partial charge in [-0.2, -0.15) is 0 Å². The van der Waals surface area contributed by atoms with E-state index in [0.717, 1.165) is 19.3 Å². The third-order valence-corrected chi connectivity index (χ3v) is 2.93. The minimum atomic E-state index is -0.466. The van der Waals surface area contributed by atoms with Crippen molar-refractivity contribution in [3.63, 3.8) is 0 Å². The number of hydrogen-bond acceptors (Lipinski definition) is 4. The molecule has 2 rings (SSSR count). The van der Waals surface area contributed by atoms with Crippen LogP contribution in [0.25, 0.3) is 0 Å². The van der Waals surface area contributed by atoms with Gasteiger partial charge in [0.25, 0.3) is 11.6 Å². The van der Waals surface area contributed by atoms with Crippen molar-refractivity contribution < 1.29 is 9.72 Å². The Morgan fingerprint density at radius 3 is 2.79 bits per heavy atom. The van der Waals surface area contributed by atoms with Gasteiger partial charge in [-0.1, -0.05) is 6.92 Å². The van der Waals surface area contributed by atoms with E-state index in [2.05, 4.69) is 10.6 Å². The molecule has 0 bridgehead atoms. The normalized spacial score (nSPS) is 13.9. The number of carbonyl (C=O) groups excluding carboxylic acids is 1. The first kappa shape index (κ1) is 13.3. The van der Waals surface area contributed by atoms with Gasteiger partial charge in [0.05, 0.1) is 4.92 Å². The second-order valence-electron chi connectivity index (χ2n) is 4.66. The van der Waals surface area contributed by atoms with Crippen molar-refractivity contribution in [2.24, 2.45) is 0 Å². The van der Waals surface area contributed by atoms with E-state index in [1.165, 1.54) is 6.07 Å².